The predicted molar refractivity (Wildman–Crippen MR) is 108 cm³/mol. The first-order chi connectivity index (χ1) is 14.0. The lowest BCUT2D eigenvalue weighted by molar-refractivity contribution is 0.103. The summed E-state index contributed by atoms with van der Waals surface area (Å²) in [7, 11) is -3.56. The van der Waals surface area contributed by atoms with Crippen molar-refractivity contribution in [3.8, 4) is 11.3 Å². The second-order valence-corrected chi connectivity index (χ2v) is 8.64. The van der Waals surface area contributed by atoms with Gasteiger partial charge in [0.25, 0.3) is 0 Å². The Hall–Kier alpha value is -3.17. The zero-order valence-electron chi connectivity index (χ0n) is 15.5. The molecule has 0 spiro atoms. The molecule has 2 aromatic heterocycles. The van der Waals surface area contributed by atoms with Crippen molar-refractivity contribution >= 4 is 21.6 Å². The fraction of sp³-hybridized carbons (Fsp3) is 0.200. The van der Waals surface area contributed by atoms with Crippen LogP contribution in [0.25, 0.3) is 11.3 Å². The maximum Gasteiger partial charge on any atom is 0.243 e. The minimum absolute atomic E-state index is 0.00306. The van der Waals surface area contributed by atoms with E-state index >= 15 is 0 Å². The number of sulfonamides is 1. The van der Waals surface area contributed by atoms with Gasteiger partial charge in [-0.3, -0.25) is 9.78 Å². The molecule has 4 rings (SSSR count). The molecule has 2 N–H and O–H groups in total. The average molecular weight is 409 g/mol. The van der Waals surface area contributed by atoms with Gasteiger partial charge in [-0.1, -0.05) is 12.1 Å². The number of carbonyl (C=O) groups is 1. The van der Waals surface area contributed by atoms with E-state index in [-0.39, 0.29) is 16.4 Å². The number of nitrogens with two attached hydrogens (primary N) is 1. The summed E-state index contributed by atoms with van der Waals surface area (Å²) in [5, 5.41) is 0. The number of nitrogen functional groups attached to an aromatic ring is 1. The number of pyridine rings is 1. The first-order valence-electron chi connectivity index (χ1n) is 9.14. The first kappa shape index (κ1) is 19.2. The van der Waals surface area contributed by atoms with E-state index in [1.165, 1.54) is 16.7 Å². The van der Waals surface area contributed by atoms with E-state index in [4.69, 9.17) is 5.73 Å². The Balaban J connectivity index is 1.72. The minimum Gasteiger partial charge on any atom is -0.382 e. The molecule has 1 saturated heterocycles. The lowest BCUT2D eigenvalue weighted by Gasteiger charge is -2.16. The number of anilines is 1. The third-order valence-electron chi connectivity index (χ3n) is 4.77. The lowest BCUT2D eigenvalue weighted by Crippen LogP contribution is -2.27. The summed E-state index contributed by atoms with van der Waals surface area (Å²) in [5.74, 6) is -0.394. The zero-order chi connectivity index (χ0) is 20.4. The molecule has 1 aliphatic heterocycles. The van der Waals surface area contributed by atoms with Crippen molar-refractivity contribution in [3.63, 3.8) is 0 Å². The summed E-state index contributed by atoms with van der Waals surface area (Å²) in [4.78, 5) is 25.3. The van der Waals surface area contributed by atoms with E-state index < -0.39 is 15.8 Å². The Morgan fingerprint density at radius 1 is 1.07 bits per heavy atom. The number of rotatable bonds is 5. The van der Waals surface area contributed by atoms with Gasteiger partial charge in [0.15, 0.2) is 11.5 Å². The van der Waals surface area contributed by atoms with Gasteiger partial charge in [-0.25, -0.2) is 18.4 Å². The highest BCUT2D eigenvalue weighted by molar-refractivity contribution is 7.89. The fourth-order valence-electron chi connectivity index (χ4n) is 3.23. The average Bonchev–Trinajstić information content (AvgIpc) is 3.30. The molecular weight excluding hydrogens is 390 g/mol. The van der Waals surface area contributed by atoms with Crippen LogP contribution in [0, 0.1) is 0 Å². The predicted octanol–water partition coefficient (Wildman–Crippen LogP) is 2.14. The molecule has 0 unspecified atom stereocenters. The maximum atomic E-state index is 12.8. The first-order valence-corrected chi connectivity index (χ1v) is 10.6. The summed E-state index contributed by atoms with van der Waals surface area (Å²) in [5.41, 5.74) is 7.12. The SMILES string of the molecule is Nc1ncc(-c2cccc(S(=O)(=O)N3CCCC3)c2)nc1C(=O)c1cccnc1. The minimum atomic E-state index is -3.56. The Labute approximate surface area is 168 Å². The summed E-state index contributed by atoms with van der Waals surface area (Å²) in [6.07, 6.45) is 6.15. The molecule has 8 nitrogen and oxygen atoms in total. The normalized spacial score (nSPS) is 14.8. The quantitative estimate of drug-likeness (QED) is 0.641. The van der Waals surface area contributed by atoms with Crippen LogP contribution in [0.3, 0.4) is 0 Å². The van der Waals surface area contributed by atoms with Gasteiger partial charge in [0, 0.05) is 36.6 Å². The number of hydrogen-bond donors (Lipinski definition) is 1. The topological polar surface area (TPSA) is 119 Å². The molecule has 148 valence electrons. The number of hydrogen-bond acceptors (Lipinski definition) is 7. The number of ketones is 1. The van der Waals surface area contributed by atoms with Crippen LogP contribution in [0.1, 0.15) is 28.9 Å². The number of aromatic nitrogens is 3. The summed E-state index contributed by atoms with van der Waals surface area (Å²) >= 11 is 0. The van der Waals surface area contributed by atoms with Gasteiger partial charge >= 0.3 is 0 Å². The molecule has 3 aromatic rings. The van der Waals surface area contributed by atoms with Crippen molar-refractivity contribution < 1.29 is 13.2 Å². The highest BCUT2D eigenvalue weighted by Gasteiger charge is 2.27. The van der Waals surface area contributed by atoms with Crippen LogP contribution in [0.5, 0.6) is 0 Å². The molecule has 1 fully saturated rings. The van der Waals surface area contributed by atoms with Crippen molar-refractivity contribution in [1.29, 1.82) is 0 Å². The van der Waals surface area contributed by atoms with Gasteiger partial charge < -0.3 is 5.73 Å². The Bertz CT molecular complexity index is 1160. The van der Waals surface area contributed by atoms with Crippen LogP contribution in [0.2, 0.25) is 0 Å². The van der Waals surface area contributed by atoms with Crippen LogP contribution in [0.15, 0.2) is 59.9 Å². The lowest BCUT2D eigenvalue weighted by atomic mass is 10.1. The molecule has 0 bridgehead atoms. The van der Waals surface area contributed by atoms with Gasteiger partial charge in [0.05, 0.1) is 16.8 Å². The number of carbonyl (C=O) groups excluding carboxylic acids is 1. The van der Waals surface area contributed by atoms with E-state index in [0.29, 0.717) is 29.9 Å². The largest absolute Gasteiger partial charge is 0.382 e. The van der Waals surface area contributed by atoms with Crippen LogP contribution in [0.4, 0.5) is 5.82 Å². The van der Waals surface area contributed by atoms with Gasteiger partial charge in [-0.2, -0.15) is 4.31 Å². The third-order valence-corrected chi connectivity index (χ3v) is 6.67. The van der Waals surface area contributed by atoms with E-state index in [1.54, 1.807) is 42.6 Å². The van der Waals surface area contributed by atoms with Crippen LogP contribution in [-0.2, 0) is 10.0 Å². The highest BCUT2D eigenvalue weighted by Crippen LogP contribution is 2.26. The molecule has 1 aromatic carbocycles. The van der Waals surface area contributed by atoms with Crippen LogP contribution >= 0.6 is 0 Å². The smallest absolute Gasteiger partial charge is 0.243 e. The number of benzene rings is 1. The molecule has 0 radical (unpaired) electrons. The van der Waals surface area contributed by atoms with Gasteiger partial charge in [0.2, 0.25) is 15.8 Å². The van der Waals surface area contributed by atoms with Gasteiger partial charge in [0.1, 0.15) is 0 Å². The third kappa shape index (κ3) is 3.74. The maximum absolute atomic E-state index is 12.8. The fourth-order valence-corrected chi connectivity index (χ4v) is 4.80. The highest BCUT2D eigenvalue weighted by atomic mass is 32.2. The summed E-state index contributed by atoms with van der Waals surface area (Å²) in [6, 6.07) is 9.75. The van der Waals surface area contributed by atoms with E-state index in [9.17, 15) is 13.2 Å². The zero-order valence-corrected chi connectivity index (χ0v) is 16.3. The van der Waals surface area contributed by atoms with E-state index in [1.807, 2.05) is 0 Å². The molecule has 0 amide bonds. The Kier molecular flexibility index (Phi) is 5.08. The molecule has 1 aliphatic rings. The van der Waals surface area contributed by atoms with Crippen molar-refractivity contribution in [3.05, 3.63) is 66.2 Å². The van der Waals surface area contributed by atoms with Crippen LogP contribution in [-0.4, -0.2) is 46.5 Å². The summed E-state index contributed by atoms with van der Waals surface area (Å²) < 4.78 is 27.2. The molecule has 0 aliphatic carbocycles. The van der Waals surface area contributed by atoms with Crippen molar-refractivity contribution in [1.82, 2.24) is 19.3 Å². The van der Waals surface area contributed by atoms with E-state index in [2.05, 4.69) is 15.0 Å². The monoisotopic (exact) mass is 409 g/mol. The Morgan fingerprint density at radius 3 is 2.59 bits per heavy atom. The molecule has 0 saturated carbocycles. The molecule has 3 heterocycles. The molecule has 29 heavy (non-hydrogen) atoms. The van der Waals surface area contributed by atoms with Crippen molar-refractivity contribution in [2.75, 3.05) is 18.8 Å². The standard InChI is InChI=1S/C20H19N5O3S/c21-20-18(19(26)15-6-4-8-22-12-15)24-17(13-23-20)14-5-3-7-16(11-14)29(27,28)25-9-1-2-10-25/h3-8,11-13H,1-2,9-10H2,(H2,21,23). The molecule has 9 heteroatoms. The molecule has 0 atom stereocenters. The summed E-state index contributed by atoms with van der Waals surface area (Å²) in [6.45, 7) is 1.05. The van der Waals surface area contributed by atoms with E-state index in [0.717, 1.165) is 12.8 Å². The van der Waals surface area contributed by atoms with Gasteiger partial charge in [-0.05, 0) is 37.1 Å². The second kappa shape index (κ2) is 7.69. The number of nitrogens with zero attached hydrogens (tertiary/aromatic N) is 4. The van der Waals surface area contributed by atoms with Crippen molar-refractivity contribution in [2.24, 2.45) is 0 Å². The second-order valence-electron chi connectivity index (χ2n) is 6.70. The van der Waals surface area contributed by atoms with Gasteiger partial charge in [-0.15, -0.1) is 0 Å². The van der Waals surface area contributed by atoms with Crippen LogP contribution < -0.4 is 5.73 Å². The molecular formula is C20H19N5O3S. The van der Waals surface area contributed by atoms with Crippen molar-refractivity contribution in [2.45, 2.75) is 17.7 Å². The Morgan fingerprint density at radius 2 is 1.86 bits per heavy atom.